The maximum absolute atomic E-state index is 13.8. The first-order valence-electron chi connectivity index (χ1n) is 14.9. The molecule has 1 aromatic heterocycles. The zero-order chi connectivity index (χ0) is 29.5. The Morgan fingerprint density at radius 1 is 0.905 bits per heavy atom. The van der Waals surface area contributed by atoms with Gasteiger partial charge >= 0.3 is 0 Å². The first-order valence-corrected chi connectivity index (χ1v) is 15.8. The number of aryl methyl sites for hydroxylation is 4. The van der Waals surface area contributed by atoms with Crippen molar-refractivity contribution in [1.29, 1.82) is 0 Å². The van der Waals surface area contributed by atoms with Gasteiger partial charge in [0.05, 0.1) is 12.2 Å². The van der Waals surface area contributed by atoms with E-state index in [-0.39, 0.29) is 5.91 Å². The van der Waals surface area contributed by atoms with Crippen molar-refractivity contribution in [3.8, 4) is 11.5 Å². The number of nitrogens with zero attached hydrogens (tertiary/aromatic N) is 1. The van der Waals surface area contributed by atoms with Crippen molar-refractivity contribution in [2.75, 3.05) is 11.9 Å². The van der Waals surface area contributed by atoms with Gasteiger partial charge in [0, 0.05) is 16.8 Å². The molecule has 0 atom stereocenters. The maximum Gasteiger partial charge on any atom is 0.259 e. The summed E-state index contributed by atoms with van der Waals surface area (Å²) in [4.78, 5) is 20.0. The van der Waals surface area contributed by atoms with Gasteiger partial charge in [0.25, 0.3) is 5.91 Å². The highest BCUT2D eigenvalue weighted by atomic mass is 32.1. The molecular formula is C36H40N2O3S. The number of fused-ring (bicyclic) bond motifs is 1. The summed E-state index contributed by atoms with van der Waals surface area (Å²) < 4.78 is 12.1. The maximum atomic E-state index is 13.8. The average Bonchev–Trinajstić information content (AvgIpc) is 3.29. The van der Waals surface area contributed by atoms with Crippen molar-refractivity contribution in [2.45, 2.75) is 72.8 Å². The van der Waals surface area contributed by atoms with Crippen LogP contribution in [0.5, 0.6) is 11.5 Å². The highest BCUT2D eigenvalue weighted by Crippen LogP contribution is 2.39. The third kappa shape index (κ3) is 7.29. The van der Waals surface area contributed by atoms with Gasteiger partial charge in [0.2, 0.25) is 0 Å². The lowest BCUT2D eigenvalue weighted by Crippen LogP contribution is -2.14. The van der Waals surface area contributed by atoms with E-state index in [1.54, 1.807) is 11.3 Å². The molecule has 0 aliphatic heterocycles. The summed E-state index contributed by atoms with van der Waals surface area (Å²) in [5.74, 6) is 1.29. The lowest BCUT2D eigenvalue weighted by atomic mass is 9.96. The number of aliphatic imine (C=N–C) groups is 1. The van der Waals surface area contributed by atoms with E-state index in [0.29, 0.717) is 24.7 Å². The van der Waals surface area contributed by atoms with E-state index in [9.17, 15) is 4.79 Å². The number of thiophene rings is 1. The Morgan fingerprint density at radius 2 is 1.74 bits per heavy atom. The molecule has 0 saturated carbocycles. The number of carbonyl (C=O) groups excluding carboxylic acids is 1. The zero-order valence-corrected chi connectivity index (χ0v) is 25.9. The summed E-state index contributed by atoms with van der Waals surface area (Å²) in [5, 5.41) is 3.92. The second-order valence-corrected chi connectivity index (χ2v) is 12.1. The molecule has 3 aromatic carbocycles. The Hall–Kier alpha value is -3.90. The predicted molar refractivity (Wildman–Crippen MR) is 174 cm³/mol. The molecule has 0 saturated heterocycles. The largest absolute Gasteiger partial charge is 0.490 e. The Balaban J connectivity index is 1.42. The SMILES string of the molecule is CCOc1cc(C=Nc2sc3c(c2C(=O)Nc2ccc(C)c(C)c2)CCCCCC3)ccc1OCc1cccc(C)c1. The molecule has 0 spiro atoms. The molecule has 0 bridgehead atoms. The minimum Gasteiger partial charge on any atom is -0.490 e. The molecule has 42 heavy (non-hydrogen) atoms. The van der Waals surface area contributed by atoms with Gasteiger partial charge in [-0.2, -0.15) is 0 Å². The number of ether oxygens (including phenoxy) is 2. The van der Waals surface area contributed by atoms with Gasteiger partial charge in [-0.1, -0.05) is 48.7 Å². The molecule has 0 radical (unpaired) electrons. The Kier molecular flexibility index (Phi) is 9.75. The number of anilines is 1. The minimum absolute atomic E-state index is 0.0848. The molecule has 1 aliphatic rings. The topological polar surface area (TPSA) is 59.9 Å². The smallest absolute Gasteiger partial charge is 0.259 e. The lowest BCUT2D eigenvalue weighted by molar-refractivity contribution is 0.102. The van der Waals surface area contributed by atoms with Gasteiger partial charge in [0.1, 0.15) is 11.6 Å². The highest BCUT2D eigenvalue weighted by Gasteiger charge is 2.24. The van der Waals surface area contributed by atoms with Crippen LogP contribution < -0.4 is 14.8 Å². The van der Waals surface area contributed by atoms with Crippen LogP contribution in [0.15, 0.2) is 65.7 Å². The summed E-state index contributed by atoms with van der Waals surface area (Å²) in [6.45, 7) is 9.18. The Labute approximate surface area is 253 Å². The van der Waals surface area contributed by atoms with Crippen LogP contribution in [0.3, 0.4) is 0 Å². The molecular weight excluding hydrogens is 540 g/mol. The Bertz CT molecular complexity index is 1590. The van der Waals surface area contributed by atoms with Crippen LogP contribution >= 0.6 is 11.3 Å². The number of hydrogen-bond donors (Lipinski definition) is 1. The van der Waals surface area contributed by atoms with Gasteiger partial charge in [-0.05, 0) is 112 Å². The molecule has 5 nitrogen and oxygen atoms in total. The van der Waals surface area contributed by atoms with Crippen LogP contribution in [0.1, 0.15) is 81.2 Å². The molecule has 1 aliphatic carbocycles. The van der Waals surface area contributed by atoms with Crippen molar-refractivity contribution in [3.63, 3.8) is 0 Å². The van der Waals surface area contributed by atoms with Crippen LogP contribution in [0.4, 0.5) is 10.7 Å². The highest BCUT2D eigenvalue weighted by molar-refractivity contribution is 7.16. The van der Waals surface area contributed by atoms with E-state index in [4.69, 9.17) is 14.5 Å². The second kappa shape index (κ2) is 13.8. The molecule has 0 fully saturated rings. The van der Waals surface area contributed by atoms with Crippen molar-refractivity contribution in [1.82, 2.24) is 0 Å². The van der Waals surface area contributed by atoms with E-state index >= 15 is 0 Å². The van der Waals surface area contributed by atoms with E-state index in [0.717, 1.165) is 58.6 Å². The number of benzene rings is 3. The van der Waals surface area contributed by atoms with Crippen molar-refractivity contribution >= 4 is 34.1 Å². The summed E-state index contributed by atoms with van der Waals surface area (Å²) >= 11 is 1.66. The van der Waals surface area contributed by atoms with Crippen molar-refractivity contribution in [3.05, 3.63) is 104 Å². The first kappa shape index (κ1) is 29.6. The molecule has 1 heterocycles. The predicted octanol–water partition coefficient (Wildman–Crippen LogP) is 9.31. The fraction of sp³-hybridized carbons (Fsp3) is 0.333. The van der Waals surface area contributed by atoms with E-state index in [1.165, 1.54) is 34.4 Å². The fourth-order valence-corrected chi connectivity index (χ4v) is 6.56. The fourth-order valence-electron chi connectivity index (χ4n) is 5.33. The third-order valence-electron chi connectivity index (χ3n) is 7.72. The molecule has 1 amide bonds. The van der Waals surface area contributed by atoms with Crippen LogP contribution in [-0.4, -0.2) is 18.7 Å². The summed E-state index contributed by atoms with van der Waals surface area (Å²) in [5.41, 5.74) is 8.27. The molecule has 4 aromatic rings. The van der Waals surface area contributed by atoms with Gasteiger partial charge in [-0.3, -0.25) is 4.79 Å². The standard InChI is InChI=1S/C36H40N2O3S/c1-5-40-32-21-27(16-18-31(32)41-23-28-12-10-11-24(2)19-28)22-37-36-34(30-13-8-6-7-9-14-33(30)42-36)35(39)38-29-17-15-25(3)26(4)20-29/h10-12,15-22H,5-9,13-14,23H2,1-4H3,(H,38,39). The molecule has 6 heteroatoms. The quantitative estimate of drug-likeness (QED) is 0.201. The van der Waals surface area contributed by atoms with Crippen LogP contribution in [0.2, 0.25) is 0 Å². The normalized spacial score (nSPS) is 13.3. The number of hydrogen-bond acceptors (Lipinski definition) is 5. The van der Waals surface area contributed by atoms with Gasteiger partial charge in [-0.25, -0.2) is 4.99 Å². The summed E-state index contributed by atoms with van der Waals surface area (Å²) in [6, 6.07) is 20.2. The minimum atomic E-state index is -0.0848. The van der Waals surface area contributed by atoms with Crippen molar-refractivity contribution in [2.24, 2.45) is 4.99 Å². The number of nitrogens with one attached hydrogen (secondary N) is 1. The molecule has 0 unspecified atom stereocenters. The average molecular weight is 581 g/mol. The monoisotopic (exact) mass is 580 g/mol. The lowest BCUT2D eigenvalue weighted by Gasteiger charge is -2.13. The summed E-state index contributed by atoms with van der Waals surface area (Å²) in [7, 11) is 0. The third-order valence-corrected chi connectivity index (χ3v) is 8.92. The van der Waals surface area contributed by atoms with Crippen molar-refractivity contribution < 1.29 is 14.3 Å². The molecule has 218 valence electrons. The van der Waals surface area contributed by atoms with E-state index in [1.807, 2.05) is 55.6 Å². The van der Waals surface area contributed by atoms with Crippen LogP contribution in [0, 0.1) is 20.8 Å². The second-order valence-electron chi connectivity index (χ2n) is 11.0. The number of carbonyl (C=O) groups is 1. The van der Waals surface area contributed by atoms with E-state index in [2.05, 4.69) is 44.3 Å². The van der Waals surface area contributed by atoms with Crippen LogP contribution in [-0.2, 0) is 19.4 Å². The molecule has 5 rings (SSSR count). The van der Waals surface area contributed by atoms with Gasteiger partial charge < -0.3 is 14.8 Å². The zero-order valence-electron chi connectivity index (χ0n) is 25.1. The first-order chi connectivity index (χ1) is 20.4. The number of amides is 1. The molecule has 1 N–H and O–H groups in total. The van der Waals surface area contributed by atoms with E-state index < -0.39 is 0 Å². The number of rotatable bonds is 9. The van der Waals surface area contributed by atoms with Gasteiger partial charge in [0.15, 0.2) is 11.5 Å². The van der Waals surface area contributed by atoms with Crippen LogP contribution in [0.25, 0.3) is 0 Å². The Morgan fingerprint density at radius 3 is 2.52 bits per heavy atom. The summed E-state index contributed by atoms with van der Waals surface area (Å²) in [6.07, 6.45) is 8.43. The van der Waals surface area contributed by atoms with Gasteiger partial charge in [-0.15, -0.1) is 11.3 Å².